The summed E-state index contributed by atoms with van der Waals surface area (Å²) >= 11 is 0. The van der Waals surface area contributed by atoms with Crippen LogP contribution in [0.5, 0.6) is 0 Å². The van der Waals surface area contributed by atoms with Crippen LogP contribution in [-0.4, -0.2) is 18.0 Å². The summed E-state index contributed by atoms with van der Waals surface area (Å²) in [5.74, 6) is 4.98. The summed E-state index contributed by atoms with van der Waals surface area (Å²) in [5, 5.41) is 9.75. The van der Waals surface area contributed by atoms with E-state index in [1.54, 1.807) is 0 Å². The normalized spacial score (nSPS) is 53.4. The molecule has 1 N–H and O–H groups in total. The second-order valence-electron chi connectivity index (χ2n) is 10.7. The standard InChI is InChI=1S/C23H38O2/c1-15(13-24)19-6-7-20-18-5-4-17-12-16(14-25)8-10-22(17,2)21(18)9-11-23(19,20)3/h14-21,24H,4-13H2,1-3H3/t15?,16?,17-,18-,19+,20-,21-,22-,23+/m0/s1. The van der Waals surface area contributed by atoms with Gasteiger partial charge >= 0.3 is 0 Å². The van der Waals surface area contributed by atoms with E-state index in [1.807, 2.05) is 0 Å². The second-order valence-corrected chi connectivity index (χ2v) is 10.7. The molecule has 2 heteroatoms. The quantitative estimate of drug-likeness (QED) is 0.723. The Labute approximate surface area is 154 Å². The molecular weight excluding hydrogens is 308 g/mol. The van der Waals surface area contributed by atoms with Crippen molar-refractivity contribution in [2.75, 3.05) is 6.61 Å². The number of hydrogen-bond acceptors (Lipinski definition) is 2. The maximum atomic E-state index is 11.3. The topological polar surface area (TPSA) is 37.3 Å². The third kappa shape index (κ3) is 2.57. The zero-order chi connectivity index (χ0) is 17.8. The van der Waals surface area contributed by atoms with Crippen LogP contribution in [0, 0.1) is 52.3 Å². The van der Waals surface area contributed by atoms with E-state index in [0.717, 1.165) is 42.4 Å². The van der Waals surface area contributed by atoms with Gasteiger partial charge in [0.2, 0.25) is 0 Å². The number of rotatable bonds is 3. The van der Waals surface area contributed by atoms with Crippen molar-refractivity contribution in [1.29, 1.82) is 0 Å². The highest BCUT2D eigenvalue weighted by molar-refractivity contribution is 5.53. The molecule has 0 spiro atoms. The molecule has 0 heterocycles. The molecular formula is C23H38O2. The molecule has 4 saturated carbocycles. The van der Waals surface area contributed by atoms with Crippen LogP contribution in [0.3, 0.4) is 0 Å². The van der Waals surface area contributed by atoms with E-state index < -0.39 is 0 Å². The van der Waals surface area contributed by atoms with Crippen molar-refractivity contribution in [3.05, 3.63) is 0 Å². The predicted molar refractivity (Wildman–Crippen MR) is 101 cm³/mol. The van der Waals surface area contributed by atoms with E-state index in [1.165, 1.54) is 51.2 Å². The monoisotopic (exact) mass is 346 g/mol. The Morgan fingerprint density at radius 2 is 1.72 bits per heavy atom. The Morgan fingerprint density at radius 3 is 2.44 bits per heavy atom. The minimum Gasteiger partial charge on any atom is -0.396 e. The Hall–Kier alpha value is -0.370. The fourth-order valence-electron chi connectivity index (χ4n) is 8.52. The molecule has 0 aromatic heterocycles. The van der Waals surface area contributed by atoms with Crippen LogP contribution < -0.4 is 0 Å². The molecule has 4 rings (SSSR count). The molecule has 4 aliphatic carbocycles. The first-order valence-corrected chi connectivity index (χ1v) is 11.0. The molecule has 0 radical (unpaired) electrons. The van der Waals surface area contributed by atoms with E-state index >= 15 is 0 Å². The number of fused-ring (bicyclic) bond motifs is 5. The Kier molecular flexibility index (Phi) is 4.58. The molecule has 2 nitrogen and oxygen atoms in total. The van der Waals surface area contributed by atoms with Crippen molar-refractivity contribution >= 4 is 6.29 Å². The number of aldehydes is 1. The van der Waals surface area contributed by atoms with E-state index in [4.69, 9.17) is 0 Å². The van der Waals surface area contributed by atoms with Gasteiger partial charge in [-0.2, -0.15) is 0 Å². The summed E-state index contributed by atoms with van der Waals surface area (Å²) in [6.07, 6.45) is 13.1. The maximum Gasteiger partial charge on any atom is 0.123 e. The average molecular weight is 347 g/mol. The van der Waals surface area contributed by atoms with Crippen molar-refractivity contribution in [3.8, 4) is 0 Å². The van der Waals surface area contributed by atoms with Gasteiger partial charge in [0.05, 0.1) is 0 Å². The van der Waals surface area contributed by atoms with Gasteiger partial charge in [-0.1, -0.05) is 20.8 Å². The lowest BCUT2D eigenvalue weighted by atomic mass is 9.44. The third-order valence-electron chi connectivity index (χ3n) is 9.95. The van der Waals surface area contributed by atoms with E-state index in [0.29, 0.717) is 29.3 Å². The van der Waals surface area contributed by atoms with Crippen molar-refractivity contribution in [2.45, 2.75) is 78.6 Å². The zero-order valence-corrected chi connectivity index (χ0v) is 16.5. The average Bonchev–Trinajstić information content (AvgIpc) is 2.97. The molecule has 4 aliphatic rings. The molecule has 0 saturated heterocycles. The molecule has 0 aromatic rings. The summed E-state index contributed by atoms with van der Waals surface area (Å²) in [7, 11) is 0. The minimum atomic E-state index is 0.338. The fraction of sp³-hybridized carbons (Fsp3) is 0.957. The van der Waals surface area contributed by atoms with Gasteiger partial charge in [-0.25, -0.2) is 0 Å². The molecule has 2 unspecified atom stereocenters. The van der Waals surface area contributed by atoms with Crippen molar-refractivity contribution in [1.82, 2.24) is 0 Å². The van der Waals surface area contributed by atoms with Crippen LogP contribution >= 0.6 is 0 Å². The Bertz CT molecular complexity index is 516. The summed E-state index contributed by atoms with van der Waals surface area (Å²) in [5.41, 5.74) is 0.955. The molecule has 25 heavy (non-hydrogen) atoms. The highest BCUT2D eigenvalue weighted by Gasteiger charge is 2.60. The maximum absolute atomic E-state index is 11.3. The highest BCUT2D eigenvalue weighted by Crippen LogP contribution is 2.68. The third-order valence-corrected chi connectivity index (χ3v) is 9.95. The van der Waals surface area contributed by atoms with Gasteiger partial charge in [-0.05, 0) is 104 Å². The van der Waals surface area contributed by atoms with Crippen LogP contribution in [0.2, 0.25) is 0 Å². The zero-order valence-electron chi connectivity index (χ0n) is 16.5. The molecule has 9 atom stereocenters. The van der Waals surface area contributed by atoms with Crippen LogP contribution in [0.4, 0.5) is 0 Å². The summed E-state index contributed by atoms with van der Waals surface area (Å²) < 4.78 is 0. The van der Waals surface area contributed by atoms with Gasteiger partial charge in [0.25, 0.3) is 0 Å². The van der Waals surface area contributed by atoms with Gasteiger partial charge in [0.15, 0.2) is 0 Å². The van der Waals surface area contributed by atoms with Gasteiger partial charge < -0.3 is 9.90 Å². The summed E-state index contributed by atoms with van der Waals surface area (Å²) in [6.45, 7) is 7.77. The van der Waals surface area contributed by atoms with Gasteiger partial charge in [-0.3, -0.25) is 0 Å². The van der Waals surface area contributed by atoms with Crippen LogP contribution in [0.1, 0.15) is 78.6 Å². The van der Waals surface area contributed by atoms with E-state index in [-0.39, 0.29) is 0 Å². The molecule has 0 aliphatic heterocycles. The minimum absolute atomic E-state index is 0.338. The van der Waals surface area contributed by atoms with Crippen LogP contribution in [0.25, 0.3) is 0 Å². The van der Waals surface area contributed by atoms with Gasteiger partial charge in [0.1, 0.15) is 6.29 Å². The molecule has 0 aromatic carbocycles. The van der Waals surface area contributed by atoms with Crippen molar-refractivity contribution < 1.29 is 9.90 Å². The van der Waals surface area contributed by atoms with E-state index in [9.17, 15) is 9.90 Å². The lowest BCUT2D eigenvalue weighted by molar-refractivity contribution is -0.130. The van der Waals surface area contributed by atoms with Gasteiger partial charge in [0, 0.05) is 12.5 Å². The lowest BCUT2D eigenvalue weighted by Crippen LogP contribution is -2.53. The first-order chi connectivity index (χ1) is 11.9. The number of hydrogen-bond donors (Lipinski definition) is 1. The Balaban J connectivity index is 1.57. The molecule has 0 amide bonds. The van der Waals surface area contributed by atoms with E-state index in [2.05, 4.69) is 20.8 Å². The van der Waals surface area contributed by atoms with Crippen molar-refractivity contribution in [2.24, 2.45) is 52.3 Å². The number of aliphatic hydroxyl groups excluding tert-OH is 1. The van der Waals surface area contributed by atoms with Crippen LogP contribution in [-0.2, 0) is 4.79 Å². The molecule has 142 valence electrons. The fourth-order valence-corrected chi connectivity index (χ4v) is 8.52. The number of carbonyl (C=O) groups is 1. The Morgan fingerprint density at radius 1 is 1.00 bits per heavy atom. The SMILES string of the molecule is CC(CO)[C@H]1CC[C@H]2[C@@H]3CC[C@H]4CC(C=O)CC[C@]4(C)[C@H]3CC[C@]12C. The molecule has 0 bridgehead atoms. The smallest absolute Gasteiger partial charge is 0.123 e. The molecule has 4 fully saturated rings. The van der Waals surface area contributed by atoms with Crippen LogP contribution in [0.15, 0.2) is 0 Å². The highest BCUT2D eigenvalue weighted by atomic mass is 16.3. The number of aliphatic hydroxyl groups is 1. The lowest BCUT2D eigenvalue weighted by Gasteiger charge is -2.61. The summed E-state index contributed by atoms with van der Waals surface area (Å²) in [6, 6.07) is 0. The second kappa shape index (κ2) is 6.36. The first kappa shape index (κ1) is 18.0. The number of carbonyl (C=O) groups excluding carboxylic acids is 1. The largest absolute Gasteiger partial charge is 0.396 e. The summed E-state index contributed by atoms with van der Waals surface area (Å²) in [4.78, 5) is 11.3. The van der Waals surface area contributed by atoms with Crippen molar-refractivity contribution in [3.63, 3.8) is 0 Å². The first-order valence-electron chi connectivity index (χ1n) is 11.0. The predicted octanol–water partition coefficient (Wildman–Crippen LogP) is 5.09. The van der Waals surface area contributed by atoms with Gasteiger partial charge in [-0.15, -0.1) is 0 Å².